The summed E-state index contributed by atoms with van der Waals surface area (Å²) < 4.78 is 18.5. The summed E-state index contributed by atoms with van der Waals surface area (Å²) in [6.07, 6.45) is -0.0697. The topological polar surface area (TPSA) is 66.6 Å². The molecular weight excluding hydrogens is 299 g/mol. The van der Waals surface area contributed by atoms with E-state index >= 15 is 0 Å². The van der Waals surface area contributed by atoms with Gasteiger partial charge in [-0.15, -0.1) is 0 Å². The second-order valence-corrected chi connectivity index (χ2v) is 6.14. The van der Waals surface area contributed by atoms with E-state index in [0.717, 1.165) is 5.69 Å². The summed E-state index contributed by atoms with van der Waals surface area (Å²) in [4.78, 5) is 14.1. The number of aliphatic hydroxyl groups excluding tert-OH is 1. The van der Waals surface area contributed by atoms with Crippen LogP contribution in [-0.2, 0) is 6.42 Å². The first-order valence-electron chi connectivity index (χ1n) is 7.59. The van der Waals surface area contributed by atoms with Gasteiger partial charge in [0.1, 0.15) is 11.6 Å². The average molecular weight is 318 g/mol. The van der Waals surface area contributed by atoms with Crippen molar-refractivity contribution in [3.8, 4) is 0 Å². The third-order valence-corrected chi connectivity index (χ3v) is 4.24. The molecule has 5 nitrogen and oxygen atoms in total. The Morgan fingerprint density at radius 3 is 2.83 bits per heavy atom. The molecule has 0 spiro atoms. The van der Waals surface area contributed by atoms with Crippen molar-refractivity contribution in [2.75, 3.05) is 13.1 Å². The second kappa shape index (κ2) is 6.12. The van der Waals surface area contributed by atoms with E-state index < -0.39 is 6.10 Å². The Balaban J connectivity index is 1.69. The first-order valence-corrected chi connectivity index (χ1v) is 7.59. The zero-order chi connectivity index (χ0) is 16.6. The maximum Gasteiger partial charge on any atom is 0.253 e. The molecule has 1 amide bonds. The lowest BCUT2D eigenvalue weighted by atomic mass is 10.0. The van der Waals surface area contributed by atoms with E-state index in [-0.39, 0.29) is 24.2 Å². The Hall–Kier alpha value is -2.21. The van der Waals surface area contributed by atoms with E-state index in [1.807, 2.05) is 13.0 Å². The van der Waals surface area contributed by atoms with Crippen molar-refractivity contribution in [2.24, 2.45) is 5.92 Å². The maximum atomic E-state index is 13.3. The van der Waals surface area contributed by atoms with Gasteiger partial charge < -0.3 is 14.5 Å². The van der Waals surface area contributed by atoms with E-state index in [1.54, 1.807) is 11.8 Å². The van der Waals surface area contributed by atoms with Gasteiger partial charge in [-0.2, -0.15) is 0 Å². The van der Waals surface area contributed by atoms with Crippen LogP contribution >= 0.6 is 0 Å². The number of aliphatic hydroxyl groups is 1. The largest absolute Gasteiger partial charge is 0.391 e. The third kappa shape index (κ3) is 3.27. The molecular formula is C17H19FN2O3. The fraction of sp³-hybridized carbons (Fsp3) is 0.412. The van der Waals surface area contributed by atoms with Crippen LogP contribution in [0.25, 0.3) is 0 Å². The Kier molecular flexibility index (Phi) is 4.17. The first-order chi connectivity index (χ1) is 10.9. The molecule has 3 rings (SSSR count). The van der Waals surface area contributed by atoms with Gasteiger partial charge in [-0.25, -0.2) is 4.39 Å². The van der Waals surface area contributed by atoms with E-state index in [2.05, 4.69) is 5.16 Å². The van der Waals surface area contributed by atoms with Crippen molar-refractivity contribution in [2.45, 2.75) is 26.4 Å². The number of rotatable bonds is 3. The van der Waals surface area contributed by atoms with Crippen molar-refractivity contribution in [3.05, 3.63) is 52.7 Å². The van der Waals surface area contributed by atoms with Gasteiger partial charge in [-0.1, -0.05) is 5.16 Å². The summed E-state index contributed by atoms with van der Waals surface area (Å²) in [5.41, 5.74) is 1.67. The normalized spacial score (nSPS) is 21.0. The second-order valence-electron chi connectivity index (χ2n) is 6.14. The molecule has 1 aromatic heterocycles. The van der Waals surface area contributed by atoms with Gasteiger partial charge in [-0.3, -0.25) is 4.79 Å². The SMILES string of the molecule is Cc1cc(CC2CN(C(=O)c3ccc(F)c(C)c3)CC2O)on1. The minimum absolute atomic E-state index is 0.0900. The number of hydrogen-bond donors (Lipinski definition) is 1. The Labute approximate surface area is 133 Å². The van der Waals surface area contributed by atoms with Gasteiger partial charge >= 0.3 is 0 Å². The van der Waals surface area contributed by atoms with Crippen LogP contribution in [0.1, 0.15) is 27.4 Å². The van der Waals surface area contributed by atoms with Gasteiger partial charge in [-0.05, 0) is 37.6 Å². The van der Waals surface area contributed by atoms with Gasteiger partial charge in [0.15, 0.2) is 0 Å². The molecule has 0 saturated carbocycles. The molecule has 1 aromatic carbocycles. The fourth-order valence-electron chi connectivity index (χ4n) is 2.95. The number of amides is 1. The van der Waals surface area contributed by atoms with Crippen LogP contribution in [0.4, 0.5) is 4.39 Å². The predicted molar refractivity (Wildman–Crippen MR) is 81.5 cm³/mol. The lowest BCUT2D eigenvalue weighted by Gasteiger charge is -2.16. The standard InChI is InChI=1S/C17H19FN2O3/c1-10-5-12(3-4-15(10)18)17(22)20-8-13(16(21)9-20)7-14-6-11(2)19-23-14/h3-6,13,16,21H,7-9H2,1-2H3. The number of halogens is 1. The summed E-state index contributed by atoms with van der Waals surface area (Å²) in [6.45, 7) is 4.17. The Bertz CT molecular complexity index is 728. The van der Waals surface area contributed by atoms with Crippen LogP contribution in [0.2, 0.25) is 0 Å². The zero-order valence-corrected chi connectivity index (χ0v) is 13.1. The number of aromatic nitrogens is 1. The molecule has 1 saturated heterocycles. The van der Waals surface area contributed by atoms with Crippen LogP contribution in [0.3, 0.4) is 0 Å². The minimum Gasteiger partial charge on any atom is -0.391 e. The summed E-state index contributed by atoms with van der Waals surface area (Å²) in [5.74, 6) is 0.0938. The number of carbonyl (C=O) groups is 1. The van der Waals surface area contributed by atoms with Crippen LogP contribution in [0.5, 0.6) is 0 Å². The van der Waals surface area contributed by atoms with Gasteiger partial charge in [0, 0.05) is 37.1 Å². The van der Waals surface area contributed by atoms with Gasteiger partial charge in [0.2, 0.25) is 0 Å². The van der Waals surface area contributed by atoms with E-state index in [9.17, 15) is 14.3 Å². The minimum atomic E-state index is -0.606. The summed E-state index contributed by atoms with van der Waals surface area (Å²) >= 11 is 0. The number of β-amino-alcohol motifs (C(OH)–C–C–N with tert-alkyl or cyclic N) is 1. The van der Waals surface area contributed by atoms with E-state index in [0.29, 0.717) is 29.9 Å². The number of benzene rings is 1. The fourth-order valence-corrected chi connectivity index (χ4v) is 2.95. The van der Waals surface area contributed by atoms with Gasteiger partial charge in [0.05, 0.1) is 11.8 Å². The van der Waals surface area contributed by atoms with Gasteiger partial charge in [0.25, 0.3) is 5.91 Å². The van der Waals surface area contributed by atoms with Crippen molar-refractivity contribution in [1.82, 2.24) is 10.1 Å². The highest BCUT2D eigenvalue weighted by molar-refractivity contribution is 5.94. The number of likely N-dealkylation sites (tertiary alicyclic amines) is 1. The molecule has 2 atom stereocenters. The highest BCUT2D eigenvalue weighted by Gasteiger charge is 2.35. The van der Waals surface area contributed by atoms with Crippen molar-refractivity contribution in [1.29, 1.82) is 0 Å². The van der Waals surface area contributed by atoms with Crippen molar-refractivity contribution in [3.63, 3.8) is 0 Å². The van der Waals surface area contributed by atoms with E-state index in [1.165, 1.54) is 18.2 Å². The molecule has 0 bridgehead atoms. The molecule has 2 aromatic rings. The highest BCUT2D eigenvalue weighted by atomic mass is 19.1. The van der Waals surface area contributed by atoms with Crippen LogP contribution < -0.4 is 0 Å². The van der Waals surface area contributed by atoms with Crippen LogP contribution in [-0.4, -0.2) is 40.3 Å². The van der Waals surface area contributed by atoms with Crippen LogP contribution in [0, 0.1) is 25.6 Å². The lowest BCUT2D eigenvalue weighted by Crippen LogP contribution is -2.29. The smallest absolute Gasteiger partial charge is 0.253 e. The maximum absolute atomic E-state index is 13.3. The molecule has 1 aliphatic heterocycles. The summed E-state index contributed by atoms with van der Waals surface area (Å²) in [7, 11) is 0. The molecule has 2 heterocycles. The monoisotopic (exact) mass is 318 g/mol. The molecule has 6 heteroatoms. The lowest BCUT2D eigenvalue weighted by molar-refractivity contribution is 0.0764. The van der Waals surface area contributed by atoms with E-state index in [4.69, 9.17) is 4.52 Å². The molecule has 0 aliphatic carbocycles. The molecule has 122 valence electrons. The molecule has 2 unspecified atom stereocenters. The highest BCUT2D eigenvalue weighted by Crippen LogP contribution is 2.24. The number of aryl methyl sites for hydroxylation is 2. The molecule has 1 N–H and O–H groups in total. The third-order valence-electron chi connectivity index (χ3n) is 4.24. The number of hydrogen-bond acceptors (Lipinski definition) is 4. The predicted octanol–water partition coefficient (Wildman–Crippen LogP) is 2.11. The number of nitrogens with zero attached hydrogens (tertiary/aromatic N) is 2. The summed E-state index contributed by atoms with van der Waals surface area (Å²) in [5, 5.41) is 14.0. The molecule has 0 radical (unpaired) electrons. The Morgan fingerprint density at radius 1 is 1.39 bits per heavy atom. The van der Waals surface area contributed by atoms with Crippen molar-refractivity contribution >= 4 is 5.91 Å². The quantitative estimate of drug-likeness (QED) is 0.941. The average Bonchev–Trinajstić information content (AvgIpc) is 3.08. The first kappa shape index (κ1) is 15.7. The molecule has 1 fully saturated rings. The molecule has 1 aliphatic rings. The zero-order valence-electron chi connectivity index (χ0n) is 13.1. The number of carbonyl (C=O) groups excluding carboxylic acids is 1. The van der Waals surface area contributed by atoms with Crippen LogP contribution in [0.15, 0.2) is 28.8 Å². The van der Waals surface area contributed by atoms with Crippen molar-refractivity contribution < 1.29 is 18.8 Å². The summed E-state index contributed by atoms with van der Waals surface area (Å²) in [6, 6.07) is 6.14. The molecule has 23 heavy (non-hydrogen) atoms. The Morgan fingerprint density at radius 2 is 2.17 bits per heavy atom.